The third kappa shape index (κ3) is 4.16. The molecular weight excluding hydrogens is 232 g/mol. The molecule has 1 amide bonds. The molecule has 0 aliphatic rings. The fraction of sp³-hybridized carbons (Fsp3) is 0.462. The van der Waals surface area contributed by atoms with Gasteiger partial charge >= 0.3 is 0 Å². The van der Waals surface area contributed by atoms with Gasteiger partial charge < -0.3 is 5.32 Å². The van der Waals surface area contributed by atoms with Crippen LogP contribution in [0.25, 0.3) is 0 Å². The molecule has 0 saturated carbocycles. The molecular formula is C13H18N2O3. The fourth-order valence-electron chi connectivity index (χ4n) is 1.63. The summed E-state index contributed by atoms with van der Waals surface area (Å²) >= 11 is 0. The minimum absolute atomic E-state index is 0.118. The minimum atomic E-state index is -0.539. The summed E-state index contributed by atoms with van der Waals surface area (Å²) in [6.07, 6.45) is 1.90. The molecule has 0 radical (unpaired) electrons. The lowest BCUT2D eigenvalue weighted by Crippen LogP contribution is -2.25. The van der Waals surface area contributed by atoms with Crippen LogP contribution in [0.1, 0.15) is 37.0 Å². The van der Waals surface area contributed by atoms with Gasteiger partial charge in [-0.15, -0.1) is 0 Å². The molecule has 0 aliphatic heterocycles. The van der Waals surface area contributed by atoms with E-state index in [4.69, 9.17) is 0 Å². The van der Waals surface area contributed by atoms with Gasteiger partial charge in [-0.2, -0.15) is 0 Å². The lowest BCUT2D eigenvalue weighted by molar-refractivity contribution is -0.385. The average Bonchev–Trinajstić information content (AvgIpc) is 2.34. The van der Waals surface area contributed by atoms with Gasteiger partial charge in [0, 0.05) is 12.6 Å². The van der Waals surface area contributed by atoms with Gasteiger partial charge in [-0.1, -0.05) is 26.0 Å². The van der Waals surface area contributed by atoms with Gasteiger partial charge in [0.1, 0.15) is 5.56 Å². The van der Waals surface area contributed by atoms with E-state index >= 15 is 0 Å². The average molecular weight is 250 g/mol. The maximum Gasteiger partial charge on any atom is 0.282 e. The number of benzene rings is 1. The van der Waals surface area contributed by atoms with Crippen LogP contribution in [-0.4, -0.2) is 17.4 Å². The number of hydrogen-bond acceptors (Lipinski definition) is 3. The normalized spacial score (nSPS) is 10.4. The van der Waals surface area contributed by atoms with Crippen LogP contribution in [0.3, 0.4) is 0 Å². The number of rotatable bonds is 6. The molecule has 0 aromatic heterocycles. The second kappa shape index (κ2) is 6.74. The Bertz CT molecular complexity index is 430. The summed E-state index contributed by atoms with van der Waals surface area (Å²) in [6.45, 7) is 4.77. The Labute approximate surface area is 106 Å². The predicted octanol–water partition coefficient (Wildman–Crippen LogP) is 2.76. The zero-order valence-corrected chi connectivity index (χ0v) is 10.7. The summed E-state index contributed by atoms with van der Waals surface area (Å²) in [6, 6.07) is 5.97. The number of nitro benzene ring substituents is 1. The summed E-state index contributed by atoms with van der Waals surface area (Å²) < 4.78 is 0. The molecule has 5 nitrogen and oxygen atoms in total. The number of nitrogens with one attached hydrogen (secondary N) is 1. The number of carbonyl (C=O) groups is 1. The molecule has 0 bridgehead atoms. The van der Waals surface area contributed by atoms with Crippen LogP contribution in [0.15, 0.2) is 24.3 Å². The van der Waals surface area contributed by atoms with Crippen LogP contribution < -0.4 is 5.32 Å². The van der Waals surface area contributed by atoms with Gasteiger partial charge in [0.25, 0.3) is 11.6 Å². The van der Waals surface area contributed by atoms with Crippen LogP contribution in [0, 0.1) is 16.0 Å². The Balaban J connectivity index is 2.59. The Kier molecular flexibility index (Phi) is 5.30. The van der Waals surface area contributed by atoms with E-state index in [1.165, 1.54) is 12.1 Å². The lowest BCUT2D eigenvalue weighted by atomic mass is 10.1. The second-order valence-electron chi connectivity index (χ2n) is 4.57. The first kappa shape index (κ1) is 14.2. The molecule has 5 heteroatoms. The zero-order chi connectivity index (χ0) is 13.5. The van der Waals surface area contributed by atoms with Crippen molar-refractivity contribution < 1.29 is 9.72 Å². The standard InChI is InChI=1S/C13H18N2O3/c1-10(2)6-5-9-14-13(16)11-7-3-4-8-12(11)15(17)18/h3-4,7-8,10H,5-6,9H2,1-2H3,(H,14,16). The van der Waals surface area contributed by atoms with E-state index in [2.05, 4.69) is 19.2 Å². The molecule has 0 heterocycles. The second-order valence-corrected chi connectivity index (χ2v) is 4.57. The fourth-order valence-corrected chi connectivity index (χ4v) is 1.63. The molecule has 1 aromatic rings. The smallest absolute Gasteiger partial charge is 0.282 e. The maximum atomic E-state index is 11.8. The van der Waals surface area contributed by atoms with Gasteiger partial charge in [-0.25, -0.2) is 0 Å². The predicted molar refractivity (Wildman–Crippen MR) is 69.5 cm³/mol. The van der Waals surface area contributed by atoms with Gasteiger partial charge in [0.2, 0.25) is 0 Å². The van der Waals surface area contributed by atoms with Crippen molar-refractivity contribution in [1.82, 2.24) is 5.32 Å². The monoisotopic (exact) mass is 250 g/mol. The topological polar surface area (TPSA) is 72.2 Å². The van der Waals surface area contributed by atoms with E-state index in [-0.39, 0.29) is 17.2 Å². The van der Waals surface area contributed by atoms with Crippen molar-refractivity contribution in [2.45, 2.75) is 26.7 Å². The highest BCUT2D eigenvalue weighted by Gasteiger charge is 2.18. The molecule has 0 atom stereocenters. The maximum absolute atomic E-state index is 11.8. The van der Waals surface area contributed by atoms with Gasteiger partial charge in [-0.3, -0.25) is 14.9 Å². The molecule has 18 heavy (non-hydrogen) atoms. The largest absolute Gasteiger partial charge is 0.352 e. The highest BCUT2D eigenvalue weighted by atomic mass is 16.6. The quantitative estimate of drug-likeness (QED) is 0.479. The zero-order valence-electron chi connectivity index (χ0n) is 10.7. The molecule has 0 aliphatic carbocycles. The summed E-state index contributed by atoms with van der Waals surface area (Å²) in [5, 5.41) is 13.5. The number of nitrogens with zero attached hydrogens (tertiary/aromatic N) is 1. The third-order valence-corrected chi connectivity index (χ3v) is 2.59. The third-order valence-electron chi connectivity index (χ3n) is 2.59. The number of carbonyl (C=O) groups excluding carboxylic acids is 1. The van der Waals surface area contributed by atoms with E-state index in [0.29, 0.717) is 12.5 Å². The molecule has 98 valence electrons. The van der Waals surface area contributed by atoms with Gasteiger partial charge in [-0.05, 0) is 24.8 Å². The molecule has 1 rings (SSSR count). The number of nitro groups is 1. The molecule has 1 N–H and O–H groups in total. The van der Waals surface area contributed by atoms with Gasteiger partial charge in [0.15, 0.2) is 0 Å². The van der Waals surface area contributed by atoms with Crippen molar-refractivity contribution >= 4 is 11.6 Å². The van der Waals surface area contributed by atoms with Crippen molar-refractivity contribution in [3.05, 3.63) is 39.9 Å². The summed E-state index contributed by atoms with van der Waals surface area (Å²) in [5.74, 6) is 0.207. The summed E-state index contributed by atoms with van der Waals surface area (Å²) in [5.41, 5.74) is -0.0362. The molecule has 0 fully saturated rings. The molecule has 1 aromatic carbocycles. The van der Waals surface area contributed by atoms with Crippen LogP contribution in [-0.2, 0) is 0 Å². The first-order valence-electron chi connectivity index (χ1n) is 6.04. The number of hydrogen-bond donors (Lipinski definition) is 1. The lowest BCUT2D eigenvalue weighted by Gasteiger charge is -2.07. The summed E-state index contributed by atoms with van der Waals surface area (Å²) in [4.78, 5) is 22.0. The van der Waals surface area contributed by atoms with Crippen molar-refractivity contribution in [2.24, 2.45) is 5.92 Å². The van der Waals surface area contributed by atoms with Crippen molar-refractivity contribution in [1.29, 1.82) is 0 Å². The van der Waals surface area contributed by atoms with Crippen LogP contribution in [0.5, 0.6) is 0 Å². The Hall–Kier alpha value is -1.91. The van der Waals surface area contributed by atoms with E-state index < -0.39 is 4.92 Å². The SMILES string of the molecule is CC(C)CCCNC(=O)c1ccccc1[N+](=O)[O-]. The van der Waals surface area contributed by atoms with E-state index in [0.717, 1.165) is 12.8 Å². The Morgan fingerprint density at radius 1 is 1.39 bits per heavy atom. The Morgan fingerprint density at radius 2 is 2.06 bits per heavy atom. The Morgan fingerprint density at radius 3 is 2.67 bits per heavy atom. The van der Waals surface area contributed by atoms with Crippen molar-refractivity contribution in [2.75, 3.05) is 6.54 Å². The number of amides is 1. The van der Waals surface area contributed by atoms with Gasteiger partial charge in [0.05, 0.1) is 4.92 Å². The first-order valence-corrected chi connectivity index (χ1v) is 6.04. The first-order chi connectivity index (χ1) is 8.52. The van der Waals surface area contributed by atoms with Crippen molar-refractivity contribution in [3.8, 4) is 0 Å². The highest BCUT2D eigenvalue weighted by molar-refractivity contribution is 5.98. The van der Waals surface area contributed by atoms with Crippen molar-refractivity contribution in [3.63, 3.8) is 0 Å². The molecule has 0 spiro atoms. The molecule has 0 unspecified atom stereocenters. The van der Waals surface area contributed by atoms with E-state index in [1.807, 2.05) is 0 Å². The van der Waals surface area contributed by atoms with Crippen LogP contribution in [0.2, 0.25) is 0 Å². The molecule has 0 saturated heterocycles. The van der Waals surface area contributed by atoms with Crippen LogP contribution in [0.4, 0.5) is 5.69 Å². The van der Waals surface area contributed by atoms with E-state index in [9.17, 15) is 14.9 Å². The summed E-state index contributed by atoms with van der Waals surface area (Å²) in [7, 11) is 0. The van der Waals surface area contributed by atoms with Crippen LogP contribution >= 0.6 is 0 Å². The minimum Gasteiger partial charge on any atom is -0.352 e. The number of para-hydroxylation sites is 1. The highest BCUT2D eigenvalue weighted by Crippen LogP contribution is 2.17. The van der Waals surface area contributed by atoms with E-state index in [1.54, 1.807) is 12.1 Å².